The van der Waals surface area contributed by atoms with Crippen molar-refractivity contribution in [2.45, 2.75) is 40.5 Å². The van der Waals surface area contributed by atoms with E-state index in [9.17, 15) is 0 Å². The number of rotatable bonds is 3. The van der Waals surface area contributed by atoms with Crippen LogP contribution in [-0.2, 0) is 6.42 Å². The van der Waals surface area contributed by atoms with Gasteiger partial charge in [-0.05, 0) is 35.8 Å². The van der Waals surface area contributed by atoms with Gasteiger partial charge in [0.25, 0.3) is 0 Å². The molecule has 77 valence electrons. The predicted octanol–water partition coefficient (Wildman–Crippen LogP) is 4.24. The molecule has 0 atom stereocenters. The highest BCUT2D eigenvalue weighted by Crippen LogP contribution is 2.24. The van der Waals surface area contributed by atoms with E-state index in [4.69, 9.17) is 0 Å². The maximum absolute atomic E-state index is 2.36. The first-order valence-corrected chi connectivity index (χ1v) is 5.44. The van der Waals surface area contributed by atoms with Crippen molar-refractivity contribution in [2.24, 2.45) is 5.41 Å². The standard InChI is InChI=1S/C14H21/c1-5-12-8-6-7-9-13(12)10-11-14(2,3)4/h6-10H,5,11H2,1-4H3. The second kappa shape index (κ2) is 4.63. The molecule has 0 aliphatic carbocycles. The average Bonchev–Trinajstić information content (AvgIpc) is 2.14. The van der Waals surface area contributed by atoms with Crippen molar-refractivity contribution < 1.29 is 0 Å². The van der Waals surface area contributed by atoms with Crippen molar-refractivity contribution >= 4 is 0 Å². The Kier molecular flexibility index (Phi) is 3.74. The van der Waals surface area contributed by atoms with Crippen LogP contribution in [0.3, 0.4) is 0 Å². The van der Waals surface area contributed by atoms with Crippen molar-refractivity contribution in [3.63, 3.8) is 0 Å². The van der Waals surface area contributed by atoms with E-state index >= 15 is 0 Å². The molecule has 0 bridgehead atoms. The van der Waals surface area contributed by atoms with Crippen LogP contribution in [0.4, 0.5) is 0 Å². The van der Waals surface area contributed by atoms with E-state index in [1.54, 1.807) is 0 Å². The second-order valence-electron chi connectivity index (χ2n) is 5.02. The topological polar surface area (TPSA) is 0 Å². The zero-order valence-electron chi connectivity index (χ0n) is 9.80. The molecule has 1 aromatic rings. The van der Waals surface area contributed by atoms with E-state index in [1.807, 2.05) is 0 Å². The summed E-state index contributed by atoms with van der Waals surface area (Å²) >= 11 is 0. The fourth-order valence-electron chi connectivity index (χ4n) is 1.47. The summed E-state index contributed by atoms with van der Waals surface area (Å²) in [6.07, 6.45) is 4.62. The Labute approximate surface area is 88.4 Å². The van der Waals surface area contributed by atoms with Crippen LogP contribution < -0.4 is 0 Å². The summed E-state index contributed by atoms with van der Waals surface area (Å²) in [5.74, 6) is 0. The Morgan fingerprint density at radius 1 is 1.14 bits per heavy atom. The molecule has 1 radical (unpaired) electrons. The molecule has 0 aliphatic rings. The van der Waals surface area contributed by atoms with Gasteiger partial charge in [0.15, 0.2) is 0 Å². The van der Waals surface area contributed by atoms with Crippen LogP contribution in [0.15, 0.2) is 24.3 Å². The summed E-state index contributed by atoms with van der Waals surface area (Å²) in [4.78, 5) is 0. The van der Waals surface area contributed by atoms with Crippen molar-refractivity contribution in [2.75, 3.05) is 0 Å². The Bertz CT molecular complexity index is 278. The lowest BCUT2D eigenvalue weighted by Gasteiger charge is -2.18. The van der Waals surface area contributed by atoms with Gasteiger partial charge >= 0.3 is 0 Å². The van der Waals surface area contributed by atoms with Gasteiger partial charge in [-0.1, -0.05) is 52.0 Å². The molecule has 0 N–H and O–H groups in total. The SMILES string of the molecule is CCc1ccccc1[CH]CC(C)(C)C. The smallest absolute Gasteiger partial charge is 0.00851 e. The van der Waals surface area contributed by atoms with Crippen molar-refractivity contribution in [1.29, 1.82) is 0 Å². The molecule has 0 aliphatic heterocycles. The minimum absolute atomic E-state index is 0.390. The molecule has 1 rings (SSSR count). The first kappa shape index (κ1) is 11.3. The van der Waals surface area contributed by atoms with Gasteiger partial charge in [-0.15, -0.1) is 0 Å². The maximum atomic E-state index is 2.36. The Morgan fingerprint density at radius 2 is 1.79 bits per heavy atom. The van der Waals surface area contributed by atoms with Crippen molar-refractivity contribution in [3.8, 4) is 0 Å². The lowest BCUT2D eigenvalue weighted by Crippen LogP contribution is -2.05. The molecule has 0 unspecified atom stereocenters. The summed E-state index contributed by atoms with van der Waals surface area (Å²) in [7, 11) is 0. The quantitative estimate of drug-likeness (QED) is 0.667. The fraction of sp³-hybridized carbons (Fsp3) is 0.500. The lowest BCUT2D eigenvalue weighted by molar-refractivity contribution is 0.409. The van der Waals surface area contributed by atoms with E-state index < -0.39 is 0 Å². The van der Waals surface area contributed by atoms with Gasteiger partial charge in [0, 0.05) is 0 Å². The third-order valence-corrected chi connectivity index (χ3v) is 2.37. The van der Waals surface area contributed by atoms with Crippen LogP contribution in [0.2, 0.25) is 0 Å². The number of aryl methyl sites for hydroxylation is 1. The zero-order valence-corrected chi connectivity index (χ0v) is 9.80. The third-order valence-electron chi connectivity index (χ3n) is 2.37. The molecule has 0 heterocycles. The summed E-state index contributed by atoms with van der Waals surface area (Å²) in [6, 6.07) is 8.67. The van der Waals surface area contributed by atoms with Gasteiger partial charge in [-0.25, -0.2) is 0 Å². The molecular weight excluding hydrogens is 168 g/mol. The molecular formula is C14H21. The van der Waals surface area contributed by atoms with Crippen LogP contribution in [0.1, 0.15) is 45.2 Å². The minimum atomic E-state index is 0.390. The summed E-state index contributed by atoms with van der Waals surface area (Å²) < 4.78 is 0. The fourth-order valence-corrected chi connectivity index (χ4v) is 1.47. The van der Waals surface area contributed by atoms with Gasteiger partial charge in [-0.2, -0.15) is 0 Å². The second-order valence-corrected chi connectivity index (χ2v) is 5.02. The summed E-state index contributed by atoms with van der Waals surface area (Å²) in [5.41, 5.74) is 3.25. The van der Waals surface area contributed by atoms with Crippen LogP contribution in [-0.4, -0.2) is 0 Å². The first-order valence-electron chi connectivity index (χ1n) is 5.44. The molecule has 0 spiro atoms. The Balaban J connectivity index is 2.67. The number of benzene rings is 1. The Hall–Kier alpha value is -0.780. The van der Waals surface area contributed by atoms with Gasteiger partial charge in [-0.3, -0.25) is 0 Å². The molecule has 1 aromatic carbocycles. The summed E-state index contributed by atoms with van der Waals surface area (Å²) in [5, 5.41) is 0. The monoisotopic (exact) mass is 189 g/mol. The number of hydrogen-bond acceptors (Lipinski definition) is 0. The van der Waals surface area contributed by atoms with Crippen molar-refractivity contribution in [3.05, 3.63) is 41.8 Å². The number of hydrogen-bond donors (Lipinski definition) is 0. The van der Waals surface area contributed by atoms with Gasteiger partial charge in [0.2, 0.25) is 0 Å². The van der Waals surface area contributed by atoms with E-state index in [2.05, 4.69) is 58.4 Å². The minimum Gasteiger partial charge on any atom is -0.0620 e. The van der Waals surface area contributed by atoms with Crippen LogP contribution in [0.25, 0.3) is 0 Å². The molecule has 0 amide bonds. The first-order chi connectivity index (χ1) is 6.53. The lowest BCUT2D eigenvalue weighted by atomic mass is 9.87. The van der Waals surface area contributed by atoms with Gasteiger partial charge in [0.05, 0.1) is 0 Å². The highest BCUT2D eigenvalue weighted by atomic mass is 14.2. The van der Waals surface area contributed by atoms with Crippen LogP contribution >= 0.6 is 0 Å². The molecule has 14 heavy (non-hydrogen) atoms. The van der Waals surface area contributed by atoms with E-state index in [0.29, 0.717) is 5.41 Å². The Morgan fingerprint density at radius 3 is 2.36 bits per heavy atom. The van der Waals surface area contributed by atoms with Gasteiger partial charge < -0.3 is 0 Å². The molecule has 0 fully saturated rings. The maximum Gasteiger partial charge on any atom is -0.00851 e. The molecule has 0 saturated heterocycles. The molecule has 0 saturated carbocycles. The molecule has 0 heteroatoms. The normalized spacial score (nSPS) is 11.7. The predicted molar refractivity (Wildman–Crippen MR) is 63.3 cm³/mol. The highest BCUT2D eigenvalue weighted by molar-refractivity contribution is 5.32. The molecule has 0 nitrogen and oxygen atoms in total. The highest BCUT2D eigenvalue weighted by Gasteiger charge is 2.11. The third kappa shape index (κ3) is 3.53. The van der Waals surface area contributed by atoms with Crippen molar-refractivity contribution in [1.82, 2.24) is 0 Å². The van der Waals surface area contributed by atoms with Gasteiger partial charge in [0.1, 0.15) is 0 Å². The zero-order chi connectivity index (χ0) is 10.6. The van der Waals surface area contributed by atoms with E-state index in [1.165, 1.54) is 11.1 Å². The largest absolute Gasteiger partial charge is 0.0620 e. The average molecular weight is 189 g/mol. The van der Waals surface area contributed by atoms with Crippen LogP contribution in [0, 0.1) is 11.8 Å². The van der Waals surface area contributed by atoms with E-state index in [-0.39, 0.29) is 0 Å². The van der Waals surface area contributed by atoms with Crippen LogP contribution in [0.5, 0.6) is 0 Å². The van der Waals surface area contributed by atoms with E-state index in [0.717, 1.165) is 12.8 Å². The summed E-state index contributed by atoms with van der Waals surface area (Å²) in [6.45, 7) is 9.04. The molecule has 0 aromatic heterocycles.